The van der Waals surface area contributed by atoms with E-state index in [2.05, 4.69) is 22.1 Å². The number of fused-ring (bicyclic) bond motifs is 2. The van der Waals surface area contributed by atoms with Gasteiger partial charge in [0.25, 0.3) is 5.71 Å². The summed E-state index contributed by atoms with van der Waals surface area (Å²) in [5.41, 5.74) is -0.989. The zero-order valence-corrected chi connectivity index (χ0v) is 30.5. The number of nitrogens with zero attached hydrogens (tertiary/aromatic N) is 3. The van der Waals surface area contributed by atoms with Gasteiger partial charge in [0.1, 0.15) is 0 Å². The van der Waals surface area contributed by atoms with Gasteiger partial charge in [-0.3, -0.25) is 9.78 Å². The maximum Gasteiger partial charge on any atom is 0.416 e. The van der Waals surface area contributed by atoms with Crippen molar-refractivity contribution in [3.63, 3.8) is 0 Å². The van der Waals surface area contributed by atoms with Gasteiger partial charge in [-0.05, 0) is 74.8 Å². The molecule has 1 N–H and O–H groups in total. The van der Waals surface area contributed by atoms with E-state index in [1.165, 1.54) is 30.1 Å². The Balaban J connectivity index is 0.000000596. The number of aliphatic hydroxyl groups is 1. The van der Waals surface area contributed by atoms with Crippen LogP contribution in [0.25, 0.3) is 34.1 Å². The number of imidazole rings is 1. The zero-order valence-electron chi connectivity index (χ0n) is 28.1. The van der Waals surface area contributed by atoms with E-state index in [4.69, 9.17) is 9.52 Å². The van der Waals surface area contributed by atoms with E-state index in [-0.39, 0.29) is 78.3 Å². The van der Waals surface area contributed by atoms with E-state index >= 15 is 0 Å². The molecular weight excluding hydrogens is 865 g/mol. The molecule has 1 fully saturated rings. The molecule has 3 aliphatic carbocycles. The van der Waals surface area contributed by atoms with Gasteiger partial charge >= 0.3 is 12.4 Å². The molecule has 2 unspecified atom stereocenters. The van der Waals surface area contributed by atoms with E-state index in [1.54, 1.807) is 30.3 Å². The van der Waals surface area contributed by atoms with E-state index in [9.17, 15) is 31.1 Å². The number of allylic oxidation sites excluding steroid dienone is 10. The van der Waals surface area contributed by atoms with Crippen LogP contribution in [0.2, 0.25) is 0 Å². The van der Waals surface area contributed by atoms with Crippen molar-refractivity contribution in [2.24, 2.45) is 17.8 Å². The molecule has 6 nitrogen and oxygen atoms in total. The first-order valence-electron chi connectivity index (χ1n) is 16.5. The van der Waals surface area contributed by atoms with Crippen molar-refractivity contribution in [3.8, 4) is 17.1 Å². The van der Waals surface area contributed by atoms with Crippen LogP contribution in [-0.2, 0) is 37.3 Å². The quantitative estimate of drug-likeness (QED) is 0.0934. The van der Waals surface area contributed by atoms with E-state index in [1.807, 2.05) is 24.3 Å². The third-order valence-corrected chi connectivity index (χ3v) is 8.96. The minimum atomic E-state index is -5.02. The number of carbonyl (C=O) groups excluding carboxylic acids is 1. The first-order chi connectivity index (χ1) is 24.2. The Bertz CT molecular complexity index is 2040. The molecule has 0 saturated heterocycles. The maximum atomic E-state index is 13.9. The van der Waals surface area contributed by atoms with Crippen molar-refractivity contribution in [1.29, 1.82) is 0 Å². The molecule has 3 aliphatic rings. The Morgan fingerprint density at radius 3 is 2.13 bits per heavy atom. The van der Waals surface area contributed by atoms with E-state index in [0.717, 1.165) is 32.1 Å². The largest absolute Gasteiger partial charge is 0.512 e. The van der Waals surface area contributed by atoms with Crippen LogP contribution in [0, 0.1) is 23.8 Å². The molecule has 52 heavy (non-hydrogen) atoms. The normalized spacial score (nSPS) is 19.3. The summed E-state index contributed by atoms with van der Waals surface area (Å²) >= 11 is 0. The standard InChI is InChI=1S/C34H26F6N3O.C5H8O2.Ir/c35-33(36,37)24-17-25(34(38,39)40)19-26(18-24)43-29(41-32-30(43)42-31(44-32)21-11-5-2-6-12-21)23-15-22-13-7-8-14-27(22)28(16-23)20-9-3-1-4-10-20;1-4(6)3-5(2)7;/h2,5-8,11-14,16-20,22,27H,1,3-4,9-10H2;3,6H,1-2H3;/q-1;;/b;4-3-;. The topological polar surface area (TPSA) is 81.1 Å². The number of ketones is 1. The molecule has 7 rings (SSSR count). The minimum absolute atomic E-state index is 0. The Morgan fingerprint density at radius 1 is 0.923 bits per heavy atom. The number of oxazole rings is 1. The number of aromatic nitrogens is 3. The summed E-state index contributed by atoms with van der Waals surface area (Å²) in [6.45, 7) is 2.85. The number of aliphatic hydroxyl groups excluding tert-OH is 1. The van der Waals surface area contributed by atoms with Gasteiger partial charge < -0.3 is 14.1 Å². The Kier molecular flexibility index (Phi) is 11.6. The summed E-state index contributed by atoms with van der Waals surface area (Å²) in [5.74, 6) is 0.427. The second-order valence-corrected chi connectivity index (χ2v) is 12.8. The van der Waals surface area contributed by atoms with Gasteiger partial charge in [0.15, 0.2) is 11.4 Å². The van der Waals surface area contributed by atoms with Crippen molar-refractivity contribution >= 4 is 22.7 Å². The second kappa shape index (κ2) is 15.6. The van der Waals surface area contributed by atoms with Gasteiger partial charge in [0, 0.05) is 43.3 Å². The fourth-order valence-electron chi connectivity index (χ4n) is 6.76. The molecule has 1 radical (unpaired) electrons. The predicted molar refractivity (Wildman–Crippen MR) is 180 cm³/mol. The fraction of sp³-hybridized carbons (Fsp3) is 0.308. The van der Waals surface area contributed by atoms with Crippen molar-refractivity contribution in [2.75, 3.05) is 0 Å². The monoisotopic (exact) mass is 899 g/mol. The van der Waals surface area contributed by atoms with Gasteiger partial charge in [0.2, 0.25) is 5.89 Å². The molecule has 2 atom stereocenters. The molecule has 2 aromatic heterocycles. The number of hydrogen-bond acceptors (Lipinski definition) is 5. The molecule has 0 aliphatic heterocycles. The fourth-order valence-corrected chi connectivity index (χ4v) is 6.76. The zero-order chi connectivity index (χ0) is 36.5. The third kappa shape index (κ3) is 8.58. The number of rotatable bonds is 5. The summed E-state index contributed by atoms with van der Waals surface area (Å²) < 4.78 is 90.9. The SMILES string of the molecule is CC(=O)/C=C(/C)O.FC(F)(F)c1cc(-n2c(C3=[C-]C4C=CC=CC4C(C4CCCCC4)=C3)nc3oc(-c4ccccc4)nc32)cc(C(F)(F)F)c1.[Ir]. The van der Waals surface area contributed by atoms with Gasteiger partial charge in [-0.25, -0.2) is 0 Å². The van der Waals surface area contributed by atoms with E-state index < -0.39 is 23.5 Å². The predicted octanol–water partition coefficient (Wildman–Crippen LogP) is 10.8. The summed E-state index contributed by atoms with van der Waals surface area (Å²) in [5, 5.41) is 8.36. The minimum Gasteiger partial charge on any atom is -0.512 e. The van der Waals surface area contributed by atoms with Crippen LogP contribution in [-0.4, -0.2) is 25.4 Å². The van der Waals surface area contributed by atoms with Crippen LogP contribution >= 0.6 is 0 Å². The number of halogens is 6. The smallest absolute Gasteiger partial charge is 0.416 e. The van der Waals surface area contributed by atoms with Crippen LogP contribution in [0.3, 0.4) is 0 Å². The maximum absolute atomic E-state index is 13.9. The van der Waals surface area contributed by atoms with Crippen LogP contribution in [0.4, 0.5) is 26.3 Å². The number of benzene rings is 2. The molecule has 2 heterocycles. The molecule has 0 amide bonds. The third-order valence-electron chi connectivity index (χ3n) is 8.96. The Labute approximate surface area is 309 Å². The summed E-state index contributed by atoms with van der Waals surface area (Å²) in [6, 6.07) is 10.3. The van der Waals surface area contributed by atoms with Gasteiger partial charge in [-0.2, -0.15) is 49.1 Å². The Hall–Kier alpha value is -4.48. The van der Waals surface area contributed by atoms with Crippen molar-refractivity contribution < 1.29 is 60.8 Å². The van der Waals surface area contributed by atoms with Gasteiger partial charge in [-0.1, -0.05) is 61.8 Å². The van der Waals surface area contributed by atoms with Crippen molar-refractivity contribution in [3.05, 3.63) is 119 Å². The average molecular weight is 899 g/mol. The summed E-state index contributed by atoms with van der Waals surface area (Å²) in [4.78, 5) is 19.2. The number of alkyl halides is 6. The summed E-state index contributed by atoms with van der Waals surface area (Å²) in [7, 11) is 0. The summed E-state index contributed by atoms with van der Waals surface area (Å²) in [6.07, 6.45) is 9.97. The van der Waals surface area contributed by atoms with Gasteiger partial charge in [-0.15, -0.1) is 5.57 Å². The first kappa shape index (κ1) is 38.7. The molecule has 0 bridgehead atoms. The molecule has 2 aromatic carbocycles. The average Bonchev–Trinajstić information content (AvgIpc) is 3.66. The van der Waals surface area contributed by atoms with Crippen LogP contribution in [0.5, 0.6) is 0 Å². The molecule has 0 spiro atoms. The first-order valence-corrected chi connectivity index (χ1v) is 16.5. The molecule has 13 heteroatoms. The molecule has 1 saturated carbocycles. The Morgan fingerprint density at radius 2 is 1.56 bits per heavy atom. The van der Waals surface area contributed by atoms with Crippen LogP contribution < -0.4 is 0 Å². The van der Waals surface area contributed by atoms with E-state index in [0.29, 0.717) is 29.2 Å². The van der Waals surface area contributed by atoms with Crippen LogP contribution in [0.15, 0.2) is 101 Å². The van der Waals surface area contributed by atoms with Gasteiger partial charge in [0.05, 0.1) is 16.9 Å². The van der Waals surface area contributed by atoms with Crippen molar-refractivity contribution in [2.45, 2.75) is 58.3 Å². The number of carbonyl (C=O) groups is 1. The van der Waals surface area contributed by atoms with Crippen LogP contribution in [0.1, 0.15) is 62.9 Å². The second-order valence-electron chi connectivity index (χ2n) is 12.8. The van der Waals surface area contributed by atoms with Crippen molar-refractivity contribution in [1.82, 2.24) is 14.5 Å². The molecular formula is C39H34F6IrN3O3-. The molecule has 4 aromatic rings. The number of hydrogen-bond donors (Lipinski definition) is 1. The molecule has 275 valence electrons.